The van der Waals surface area contributed by atoms with E-state index in [0.29, 0.717) is 13.0 Å². The van der Waals surface area contributed by atoms with E-state index in [9.17, 15) is 13.2 Å². The molecule has 1 fully saturated rings. The number of carbonyl (C=O) groups is 1. The van der Waals surface area contributed by atoms with Crippen molar-refractivity contribution in [2.75, 3.05) is 6.54 Å². The van der Waals surface area contributed by atoms with Crippen LogP contribution in [-0.4, -0.2) is 31.2 Å². The minimum Gasteiger partial charge on any atom is -0.355 e. The van der Waals surface area contributed by atoms with Gasteiger partial charge in [-0.25, -0.2) is 8.42 Å². The number of rotatable bonds is 5. The van der Waals surface area contributed by atoms with Crippen molar-refractivity contribution in [3.63, 3.8) is 0 Å². The standard InChI is InChI=1S/C17H19BrN2O3S2/c18-14-6-4-13(5-7-14)11-20(16-3-1-2-9-19-17(16)21)25(22,23)15-8-10-24-12-15/h4-8,10,12,16H,1-3,9,11H2,(H,19,21). The number of nitrogens with zero attached hydrogens (tertiary/aromatic N) is 1. The van der Waals surface area contributed by atoms with Crippen molar-refractivity contribution < 1.29 is 13.2 Å². The molecule has 1 unspecified atom stereocenters. The van der Waals surface area contributed by atoms with Crippen molar-refractivity contribution in [1.82, 2.24) is 9.62 Å². The lowest BCUT2D eigenvalue weighted by Gasteiger charge is -2.28. The minimum absolute atomic E-state index is 0.170. The zero-order chi connectivity index (χ0) is 17.9. The number of thiophene rings is 1. The number of amides is 1. The van der Waals surface area contributed by atoms with Gasteiger partial charge in [-0.15, -0.1) is 0 Å². The summed E-state index contributed by atoms with van der Waals surface area (Å²) in [5.41, 5.74) is 0.846. The van der Waals surface area contributed by atoms with Gasteiger partial charge in [0.15, 0.2) is 0 Å². The summed E-state index contributed by atoms with van der Waals surface area (Å²) in [6.07, 6.45) is 2.22. The Hall–Kier alpha value is -1.22. The van der Waals surface area contributed by atoms with E-state index in [0.717, 1.165) is 22.9 Å². The minimum atomic E-state index is -3.74. The molecule has 0 radical (unpaired) electrons. The van der Waals surface area contributed by atoms with E-state index >= 15 is 0 Å². The molecule has 1 aliphatic rings. The smallest absolute Gasteiger partial charge is 0.244 e. The van der Waals surface area contributed by atoms with Crippen molar-refractivity contribution in [3.05, 3.63) is 51.1 Å². The molecule has 0 bridgehead atoms. The molecule has 1 aromatic heterocycles. The van der Waals surface area contributed by atoms with Crippen LogP contribution in [0.1, 0.15) is 24.8 Å². The Balaban J connectivity index is 1.98. The molecule has 0 spiro atoms. The highest BCUT2D eigenvalue weighted by molar-refractivity contribution is 9.10. The van der Waals surface area contributed by atoms with Crippen LogP contribution in [0.2, 0.25) is 0 Å². The second-order valence-corrected chi connectivity index (χ2v) is 9.52. The topological polar surface area (TPSA) is 66.5 Å². The fourth-order valence-electron chi connectivity index (χ4n) is 2.86. The third-order valence-corrected chi connectivity index (χ3v) is 7.42. The van der Waals surface area contributed by atoms with E-state index in [1.165, 1.54) is 15.6 Å². The average Bonchev–Trinajstić information content (AvgIpc) is 3.06. The monoisotopic (exact) mass is 442 g/mol. The Morgan fingerprint density at radius 2 is 1.96 bits per heavy atom. The number of nitrogens with one attached hydrogen (secondary N) is 1. The maximum Gasteiger partial charge on any atom is 0.244 e. The van der Waals surface area contributed by atoms with Gasteiger partial charge < -0.3 is 5.32 Å². The van der Waals surface area contributed by atoms with Gasteiger partial charge in [-0.1, -0.05) is 28.1 Å². The highest BCUT2D eigenvalue weighted by atomic mass is 79.9. The third kappa shape index (κ3) is 4.31. The highest BCUT2D eigenvalue weighted by Crippen LogP contribution is 2.26. The Bertz CT molecular complexity index is 820. The summed E-state index contributed by atoms with van der Waals surface area (Å²) in [6.45, 7) is 0.767. The molecule has 1 aliphatic heterocycles. The first-order valence-corrected chi connectivity index (χ1v) is 11.2. The van der Waals surface area contributed by atoms with Crippen LogP contribution in [0.15, 0.2) is 50.5 Å². The van der Waals surface area contributed by atoms with Gasteiger partial charge in [0.2, 0.25) is 15.9 Å². The summed E-state index contributed by atoms with van der Waals surface area (Å²) in [7, 11) is -3.74. The quantitative estimate of drug-likeness (QED) is 0.771. The van der Waals surface area contributed by atoms with E-state index in [1.807, 2.05) is 24.3 Å². The van der Waals surface area contributed by atoms with E-state index in [-0.39, 0.29) is 17.3 Å². The predicted molar refractivity (Wildman–Crippen MR) is 102 cm³/mol. The summed E-state index contributed by atoms with van der Waals surface area (Å²) in [5.74, 6) is -0.214. The number of halogens is 1. The molecule has 0 saturated carbocycles. The van der Waals surface area contributed by atoms with Crippen molar-refractivity contribution in [3.8, 4) is 0 Å². The number of hydrogen-bond acceptors (Lipinski definition) is 4. The largest absolute Gasteiger partial charge is 0.355 e. The molecule has 0 aliphatic carbocycles. The maximum absolute atomic E-state index is 13.2. The van der Waals surface area contributed by atoms with Crippen LogP contribution in [-0.2, 0) is 21.4 Å². The van der Waals surface area contributed by atoms with Crippen LogP contribution in [0.25, 0.3) is 0 Å². The lowest BCUT2D eigenvalue weighted by molar-refractivity contribution is -0.124. The molecule has 2 aromatic rings. The molecule has 1 atom stereocenters. The molecule has 2 heterocycles. The van der Waals surface area contributed by atoms with Crippen LogP contribution in [0.5, 0.6) is 0 Å². The Morgan fingerprint density at radius 1 is 1.20 bits per heavy atom. The number of sulfonamides is 1. The molecule has 3 rings (SSSR count). The molecule has 5 nitrogen and oxygen atoms in total. The molecule has 1 aromatic carbocycles. The summed E-state index contributed by atoms with van der Waals surface area (Å²) in [5, 5.41) is 6.18. The van der Waals surface area contributed by atoms with E-state index < -0.39 is 16.1 Å². The highest BCUT2D eigenvalue weighted by Gasteiger charge is 2.36. The van der Waals surface area contributed by atoms with Crippen LogP contribution < -0.4 is 5.32 Å². The van der Waals surface area contributed by atoms with E-state index in [2.05, 4.69) is 21.2 Å². The number of carbonyl (C=O) groups excluding carboxylic acids is 1. The summed E-state index contributed by atoms with van der Waals surface area (Å²) < 4.78 is 28.6. The first kappa shape index (κ1) is 18.6. The van der Waals surface area contributed by atoms with E-state index in [4.69, 9.17) is 0 Å². The van der Waals surface area contributed by atoms with Crippen LogP contribution in [0.4, 0.5) is 0 Å². The molecule has 1 N–H and O–H groups in total. The molecule has 1 saturated heterocycles. The van der Waals surface area contributed by atoms with Gasteiger partial charge in [-0.05, 0) is 48.4 Å². The Labute approximate surface area is 160 Å². The first-order valence-electron chi connectivity index (χ1n) is 8.05. The van der Waals surface area contributed by atoms with Crippen LogP contribution in [0.3, 0.4) is 0 Å². The van der Waals surface area contributed by atoms with Crippen LogP contribution >= 0.6 is 27.3 Å². The third-order valence-electron chi connectivity index (χ3n) is 4.21. The maximum atomic E-state index is 13.2. The van der Waals surface area contributed by atoms with Crippen molar-refractivity contribution in [2.45, 2.75) is 36.7 Å². The van der Waals surface area contributed by atoms with Crippen molar-refractivity contribution >= 4 is 43.2 Å². The summed E-state index contributed by atoms with van der Waals surface area (Å²) >= 11 is 4.72. The molecule has 134 valence electrons. The number of hydrogen-bond donors (Lipinski definition) is 1. The van der Waals surface area contributed by atoms with Gasteiger partial charge in [0.1, 0.15) is 6.04 Å². The summed E-state index contributed by atoms with van der Waals surface area (Å²) in [6, 6.07) is 8.39. The SMILES string of the molecule is O=C1NCCCCC1N(Cc1ccc(Br)cc1)S(=O)(=O)c1ccsc1. The Morgan fingerprint density at radius 3 is 2.64 bits per heavy atom. The summed E-state index contributed by atoms with van der Waals surface area (Å²) in [4.78, 5) is 12.7. The molecular weight excluding hydrogens is 424 g/mol. The van der Waals surface area contributed by atoms with Crippen molar-refractivity contribution in [2.24, 2.45) is 0 Å². The fraction of sp³-hybridized carbons (Fsp3) is 0.353. The zero-order valence-corrected chi connectivity index (χ0v) is 16.7. The predicted octanol–water partition coefficient (Wildman–Crippen LogP) is 3.37. The molecule has 25 heavy (non-hydrogen) atoms. The van der Waals surface area contributed by atoms with E-state index in [1.54, 1.807) is 16.8 Å². The van der Waals surface area contributed by atoms with Crippen LogP contribution in [0, 0.1) is 0 Å². The number of benzene rings is 1. The van der Waals surface area contributed by atoms with Crippen molar-refractivity contribution in [1.29, 1.82) is 0 Å². The normalized spacial score (nSPS) is 18.8. The molecular formula is C17H19BrN2O3S2. The van der Waals surface area contributed by atoms with Gasteiger partial charge in [0.25, 0.3) is 0 Å². The Kier molecular flexibility index (Phi) is 5.93. The molecule has 1 amide bonds. The molecule has 8 heteroatoms. The van der Waals surface area contributed by atoms with Gasteiger partial charge >= 0.3 is 0 Å². The lowest BCUT2D eigenvalue weighted by Crippen LogP contribution is -2.48. The lowest BCUT2D eigenvalue weighted by atomic mass is 10.1. The van der Waals surface area contributed by atoms with Gasteiger partial charge in [-0.3, -0.25) is 4.79 Å². The first-order chi connectivity index (χ1) is 12.0. The average molecular weight is 443 g/mol. The second-order valence-electron chi connectivity index (χ2n) is 5.94. The second kappa shape index (κ2) is 7.99. The fourth-order valence-corrected chi connectivity index (χ4v) is 5.75. The van der Waals surface area contributed by atoms with Gasteiger partial charge in [-0.2, -0.15) is 15.6 Å². The zero-order valence-electron chi connectivity index (χ0n) is 13.5. The van der Waals surface area contributed by atoms with Gasteiger partial charge in [0, 0.05) is 22.9 Å². The van der Waals surface area contributed by atoms with Gasteiger partial charge in [0.05, 0.1) is 4.90 Å².